The smallest absolute Gasteiger partial charge is 0.221 e. The Balaban J connectivity index is 5.18. The average Bonchev–Trinajstić information content (AvgIpc) is 3.28. The number of hydrogen-bond donors (Lipinski definition) is 15. The lowest BCUT2D eigenvalue weighted by Crippen LogP contribution is -2.40. The summed E-state index contributed by atoms with van der Waals surface area (Å²) in [4.78, 5) is 34.7. The molecule has 24 nitrogen and oxygen atoms in total. The molecule has 15 N–H and O–H groups in total. The van der Waals surface area contributed by atoms with Crippen molar-refractivity contribution in [3.05, 3.63) is 34.4 Å². The second-order valence-corrected chi connectivity index (χ2v) is 16.1. The highest BCUT2D eigenvalue weighted by Crippen LogP contribution is 2.18. The van der Waals surface area contributed by atoms with Gasteiger partial charge >= 0.3 is 0 Å². The van der Waals surface area contributed by atoms with E-state index in [1.54, 1.807) is 0 Å². The van der Waals surface area contributed by atoms with E-state index in [0.717, 1.165) is 27.2 Å². The van der Waals surface area contributed by atoms with Crippen molar-refractivity contribution in [2.45, 2.75) is 154 Å². The maximum Gasteiger partial charge on any atom is 0.221 e. The number of aliphatic hydroxyl groups is 12. The molecule has 0 bridgehead atoms. The Morgan fingerprint density at radius 2 is 0.706 bits per heavy atom. The van der Waals surface area contributed by atoms with Gasteiger partial charge in [-0.1, -0.05) is 12.8 Å². The Morgan fingerprint density at radius 3 is 0.985 bits per heavy atom. The van der Waals surface area contributed by atoms with Crippen molar-refractivity contribution in [2.75, 3.05) is 72.7 Å². The number of unbranched alkanes of at least 4 members (excludes halogenated alkanes) is 7. The van der Waals surface area contributed by atoms with Crippen LogP contribution in [0.1, 0.15) is 111 Å². The third-order valence-corrected chi connectivity index (χ3v) is 9.65. The second kappa shape index (κ2) is 38.2. The van der Waals surface area contributed by atoms with Crippen molar-refractivity contribution in [1.29, 1.82) is 0 Å². The molecule has 0 radical (unpaired) electrons. The number of aliphatic hydroxyl groups excluding tert-OH is 12. The molecule has 0 heterocycles. The van der Waals surface area contributed by atoms with Crippen molar-refractivity contribution in [2.24, 2.45) is 0 Å². The van der Waals surface area contributed by atoms with Crippen LogP contribution in [0.3, 0.4) is 0 Å². The summed E-state index contributed by atoms with van der Waals surface area (Å²) in [7, 11) is 0. The molecule has 0 aromatic carbocycles. The number of rotatable bonds is 42. The van der Waals surface area contributed by atoms with Gasteiger partial charge in [0, 0.05) is 79.7 Å². The number of nitrogens with one attached hydrogen (secondary N) is 3. The zero-order valence-corrected chi connectivity index (χ0v) is 40.0. The number of hydrogen-bond acceptors (Lipinski definition) is 21. The first-order valence-corrected chi connectivity index (χ1v) is 22.9. The molecule has 6 atom stereocenters. The first-order valence-electron chi connectivity index (χ1n) is 22.9. The number of carbonyl (C=O) groups is 3. The largest absolute Gasteiger partial charge is 0.508 e. The van der Waals surface area contributed by atoms with Crippen LogP contribution >= 0.6 is 0 Å². The van der Waals surface area contributed by atoms with Crippen LogP contribution in [0.5, 0.6) is 0 Å². The van der Waals surface area contributed by atoms with Gasteiger partial charge in [0.25, 0.3) is 0 Å². The van der Waals surface area contributed by atoms with Gasteiger partial charge in [-0.3, -0.25) is 14.4 Å². The SMILES string of the molecule is CC(=O)N/C(=C(/O)[C@@H](O)CCO)[C@@H](O)OCCCCCCOC(C)(COCCCCCO[C@H](O)/C(NC(C)=O)=C(\O)[C@@H](O)CCO)COCCCCCO[C@H](O)/C(NC(C)=O)=C(\O)[C@@H](O)CCO. The summed E-state index contributed by atoms with van der Waals surface area (Å²) in [5, 5.41) is 126. The maximum absolute atomic E-state index is 11.6. The van der Waals surface area contributed by atoms with Gasteiger partial charge in [0.1, 0.15) is 58.3 Å². The predicted octanol–water partition coefficient (Wildman–Crippen LogP) is -0.352. The van der Waals surface area contributed by atoms with Gasteiger partial charge in [0.05, 0.1) is 33.0 Å². The lowest BCUT2D eigenvalue weighted by atomic mass is 10.1. The summed E-state index contributed by atoms with van der Waals surface area (Å²) in [5.41, 5.74) is -2.10. The molecular weight excluding hydrogens is 906 g/mol. The van der Waals surface area contributed by atoms with Crippen LogP contribution in [0.25, 0.3) is 0 Å². The predicted molar refractivity (Wildman–Crippen MR) is 242 cm³/mol. The molecule has 0 saturated carbocycles. The minimum Gasteiger partial charge on any atom is -0.508 e. The second-order valence-electron chi connectivity index (χ2n) is 16.1. The van der Waals surface area contributed by atoms with Crippen LogP contribution in [-0.4, -0.2) is 194 Å². The van der Waals surface area contributed by atoms with E-state index in [4.69, 9.17) is 43.7 Å². The first-order chi connectivity index (χ1) is 32.2. The van der Waals surface area contributed by atoms with Crippen molar-refractivity contribution < 1.29 is 104 Å². The van der Waals surface area contributed by atoms with E-state index in [9.17, 15) is 60.3 Å². The summed E-state index contributed by atoms with van der Waals surface area (Å²) in [6.07, 6.45) is -4.45. The molecule has 24 heteroatoms. The highest BCUT2D eigenvalue weighted by atomic mass is 16.6. The summed E-state index contributed by atoms with van der Waals surface area (Å²) in [6.45, 7) is 5.54. The normalized spacial score (nSPS) is 15.8. The fraction of sp³-hybridized carbons (Fsp3) is 0.795. The third kappa shape index (κ3) is 29.5. The van der Waals surface area contributed by atoms with E-state index < -0.39 is 115 Å². The van der Waals surface area contributed by atoms with Gasteiger partial charge in [0.15, 0.2) is 18.9 Å². The molecule has 0 rings (SSSR count). The van der Waals surface area contributed by atoms with Crippen molar-refractivity contribution in [1.82, 2.24) is 16.0 Å². The van der Waals surface area contributed by atoms with Crippen LogP contribution in [0.4, 0.5) is 0 Å². The minimum atomic E-state index is -1.73. The van der Waals surface area contributed by atoms with E-state index in [1.807, 2.05) is 6.92 Å². The molecule has 0 aromatic rings. The number of ether oxygens (including phenoxy) is 6. The zero-order valence-electron chi connectivity index (χ0n) is 40.0. The monoisotopic (exact) mass is 988 g/mol. The van der Waals surface area contributed by atoms with Gasteiger partial charge in [0.2, 0.25) is 17.7 Å². The summed E-state index contributed by atoms with van der Waals surface area (Å²) in [6, 6.07) is 0. The lowest BCUT2D eigenvalue weighted by Gasteiger charge is -2.30. The van der Waals surface area contributed by atoms with Gasteiger partial charge < -0.3 is 106 Å². The molecule has 0 spiro atoms. The molecule has 0 aromatic heterocycles. The Hall–Kier alpha value is -3.57. The topological polar surface area (TPSA) is 385 Å². The lowest BCUT2D eigenvalue weighted by molar-refractivity contribution is -0.127. The minimum absolute atomic E-state index is 0.0460. The molecule has 0 aliphatic rings. The molecule has 0 aliphatic carbocycles. The van der Waals surface area contributed by atoms with Gasteiger partial charge in [-0.25, -0.2) is 0 Å². The van der Waals surface area contributed by atoms with E-state index in [2.05, 4.69) is 16.0 Å². The molecule has 0 fully saturated rings. The highest BCUT2D eigenvalue weighted by Gasteiger charge is 2.28. The van der Waals surface area contributed by atoms with Crippen LogP contribution in [0, 0.1) is 0 Å². The molecular formula is C44H81N3O21. The van der Waals surface area contributed by atoms with E-state index in [0.29, 0.717) is 77.6 Å². The van der Waals surface area contributed by atoms with E-state index in [1.165, 1.54) is 0 Å². The van der Waals surface area contributed by atoms with Crippen molar-refractivity contribution in [3.8, 4) is 0 Å². The standard InChI is InChI=1S/C44H81N3O21/c1-29(51)45-35(38(57)32(54)15-18-48)41(60)65-23-11-5-6-14-26-68-44(4,27-63-21-9-7-12-24-66-42(61)36(46-30(2)52)39(58)33(55)16-19-49)28-64-22-10-8-13-25-67-43(62)37(47-31(3)53)40(59)34(56)17-20-50/h32-34,41-43,48-50,54-62H,5-28H2,1-4H3,(H,45,51)(H,46,52)(H,47,53)/b38-35+,39-36+,40-37+/t32-,33-,34-,41-,42-,43-/m0/s1. The Morgan fingerprint density at radius 1 is 0.441 bits per heavy atom. The van der Waals surface area contributed by atoms with Crippen LogP contribution in [0.15, 0.2) is 34.4 Å². The molecule has 0 saturated heterocycles. The maximum atomic E-state index is 11.6. The van der Waals surface area contributed by atoms with Gasteiger partial charge in [-0.15, -0.1) is 0 Å². The fourth-order valence-corrected chi connectivity index (χ4v) is 6.02. The Labute approximate surface area is 398 Å². The molecule has 0 unspecified atom stereocenters. The zero-order chi connectivity index (χ0) is 51.5. The van der Waals surface area contributed by atoms with Crippen molar-refractivity contribution in [3.63, 3.8) is 0 Å². The number of amides is 3. The van der Waals surface area contributed by atoms with Crippen LogP contribution in [-0.2, 0) is 42.8 Å². The number of carbonyl (C=O) groups excluding carboxylic acids is 3. The quantitative estimate of drug-likeness (QED) is 0.0211. The van der Waals surface area contributed by atoms with E-state index >= 15 is 0 Å². The molecule has 398 valence electrons. The summed E-state index contributed by atoms with van der Waals surface area (Å²) >= 11 is 0. The van der Waals surface area contributed by atoms with E-state index in [-0.39, 0.29) is 52.3 Å². The Bertz CT molecular complexity index is 1330. The van der Waals surface area contributed by atoms with Crippen LogP contribution < -0.4 is 16.0 Å². The van der Waals surface area contributed by atoms with Gasteiger partial charge in [-0.2, -0.15) is 0 Å². The van der Waals surface area contributed by atoms with Crippen LogP contribution in [0.2, 0.25) is 0 Å². The van der Waals surface area contributed by atoms with Gasteiger partial charge in [-0.05, 0) is 58.3 Å². The molecule has 0 aliphatic heterocycles. The fourth-order valence-electron chi connectivity index (χ4n) is 6.02. The molecule has 68 heavy (non-hydrogen) atoms. The highest BCUT2D eigenvalue weighted by molar-refractivity contribution is 5.76. The molecule has 3 amide bonds. The average molecular weight is 988 g/mol. The summed E-state index contributed by atoms with van der Waals surface area (Å²) in [5.74, 6) is -3.99. The van der Waals surface area contributed by atoms with Crippen molar-refractivity contribution >= 4 is 17.7 Å². The summed E-state index contributed by atoms with van der Waals surface area (Å²) < 4.78 is 34.3. The third-order valence-electron chi connectivity index (χ3n) is 9.65. The Kier molecular flexibility index (Phi) is 36.2. The first kappa shape index (κ1) is 64.4.